The monoisotopic (exact) mass is 477 g/mol. The van der Waals surface area contributed by atoms with Crippen molar-refractivity contribution in [3.8, 4) is 0 Å². The number of rotatable bonds is 11. The molecule has 0 bridgehead atoms. The molecule has 1 atom stereocenters. The number of sulfonamides is 1. The van der Waals surface area contributed by atoms with Crippen molar-refractivity contribution in [1.82, 2.24) is 10.2 Å². The van der Waals surface area contributed by atoms with E-state index < -0.39 is 21.9 Å². The van der Waals surface area contributed by atoms with Crippen LogP contribution in [-0.4, -0.2) is 50.0 Å². The van der Waals surface area contributed by atoms with E-state index in [2.05, 4.69) is 5.32 Å². The van der Waals surface area contributed by atoms with Gasteiger partial charge in [0.1, 0.15) is 11.9 Å². The highest BCUT2D eigenvalue weighted by atomic mass is 32.2. The molecule has 2 amide bonds. The fraction of sp³-hybridized carbons (Fsp3) is 0.417. The molecule has 0 aliphatic carbocycles. The van der Waals surface area contributed by atoms with Gasteiger partial charge in [0.25, 0.3) is 0 Å². The number of hydrogen-bond donors (Lipinski definition) is 1. The van der Waals surface area contributed by atoms with Crippen molar-refractivity contribution in [2.24, 2.45) is 0 Å². The molecule has 9 heteroatoms. The fourth-order valence-electron chi connectivity index (χ4n) is 3.40. The number of anilines is 1. The molecule has 180 valence electrons. The number of halogens is 1. The Bertz CT molecular complexity index is 1040. The third kappa shape index (κ3) is 7.85. The predicted molar refractivity (Wildman–Crippen MR) is 128 cm³/mol. The molecule has 0 radical (unpaired) electrons. The predicted octanol–water partition coefficient (Wildman–Crippen LogP) is 3.31. The maximum Gasteiger partial charge on any atom is 0.242 e. The van der Waals surface area contributed by atoms with Gasteiger partial charge in [-0.05, 0) is 44.9 Å². The molecule has 0 saturated carbocycles. The van der Waals surface area contributed by atoms with E-state index in [0.29, 0.717) is 0 Å². The molecule has 0 aromatic heterocycles. The van der Waals surface area contributed by atoms with Crippen molar-refractivity contribution < 1.29 is 22.4 Å². The van der Waals surface area contributed by atoms with Gasteiger partial charge in [-0.3, -0.25) is 13.9 Å². The molecule has 2 aromatic carbocycles. The van der Waals surface area contributed by atoms with Crippen molar-refractivity contribution in [3.05, 3.63) is 66.0 Å². The third-order valence-electron chi connectivity index (χ3n) is 5.07. The molecule has 7 nitrogen and oxygen atoms in total. The number of nitrogens with zero attached hydrogens (tertiary/aromatic N) is 2. The number of para-hydroxylation sites is 1. The minimum atomic E-state index is -3.75. The lowest BCUT2D eigenvalue weighted by atomic mass is 10.1. The first kappa shape index (κ1) is 26.3. The van der Waals surface area contributed by atoms with Crippen LogP contribution in [0.5, 0.6) is 0 Å². The summed E-state index contributed by atoms with van der Waals surface area (Å²) < 4.78 is 39.7. The second-order valence-corrected chi connectivity index (χ2v) is 10.1. The molecule has 0 aliphatic rings. The van der Waals surface area contributed by atoms with Crippen LogP contribution in [0.4, 0.5) is 10.1 Å². The van der Waals surface area contributed by atoms with Gasteiger partial charge in [0.05, 0.1) is 11.9 Å². The van der Waals surface area contributed by atoms with Crippen LogP contribution in [0.2, 0.25) is 0 Å². The van der Waals surface area contributed by atoms with Crippen molar-refractivity contribution in [1.29, 1.82) is 0 Å². The number of carbonyl (C=O) groups is 2. The second-order valence-electron chi connectivity index (χ2n) is 8.24. The lowest BCUT2D eigenvalue weighted by Crippen LogP contribution is -2.49. The van der Waals surface area contributed by atoms with Crippen molar-refractivity contribution >= 4 is 27.5 Å². The van der Waals surface area contributed by atoms with Crippen LogP contribution in [0.3, 0.4) is 0 Å². The van der Waals surface area contributed by atoms with E-state index in [0.717, 1.165) is 16.1 Å². The highest BCUT2D eigenvalue weighted by Crippen LogP contribution is 2.22. The first-order valence-electron chi connectivity index (χ1n) is 10.9. The Balaban J connectivity index is 2.15. The lowest BCUT2D eigenvalue weighted by Gasteiger charge is -2.30. The summed E-state index contributed by atoms with van der Waals surface area (Å²) in [6.07, 6.45) is 1.18. The molecule has 0 heterocycles. The Labute approximate surface area is 195 Å². The number of hydrogen-bond acceptors (Lipinski definition) is 4. The van der Waals surface area contributed by atoms with Gasteiger partial charge in [-0.2, -0.15) is 0 Å². The molecule has 33 heavy (non-hydrogen) atoms. The van der Waals surface area contributed by atoms with Crippen LogP contribution in [0.1, 0.15) is 39.2 Å². The highest BCUT2D eigenvalue weighted by molar-refractivity contribution is 7.92. The fourth-order valence-corrected chi connectivity index (χ4v) is 4.37. The summed E-state index contributed by atoms with van der Waals surface area (Å²) >= 11 is 0. The van der Waals surface area contributed by atoms with Crippen LogP contribution in [0.15, 0.2) is 54.6 Å². The van der Waals surface area contributed by atoms with E-state index >= 15 is 0 Å². The van der Waals surface area contributed by atoms with Crippen LogP contribution in [-0.2, 0) is 26.2 Å². The summed E-state index contributed by atoms with van der Waals surface area (Å²) in [6.45, 7) is 5.54. The molecule has 0 unspecified atom stereocenters. The maximum absolute atomic E-state index is 14.2. The minimum Gasteiger partial charge on any atom is -0.352 e. The first-order chi connectivity index (χ1) is 15.5. The summed E-state index contributed by atoms with van der Waals surface area (Å²) in [4.78, 5) is 27.2. The van der Waals surface area contributed by atoms with E-state index in [9.17, 15) is 22.4 Å². The third-order valence-corrected chi connectivity index (χ3v) is 6.25. The zero-order valence-electron chi connectivity index (χ0n) is 19.5. The molecule has 0 fully saturated rings. The maximum atomic E-state index is 14.2. The largest absolute Gasteiger partial charge is 0.352 e. The van der Waals surface area contributed by atoms with Crippen LogP contribution in [0.25, 0.3) is 0 Å². The zero-order valence-corrected chi connectivity index (χ0v) is 20.3. The molecular formula is C24H32FN3O4S. The quantitative estimate of drug-likeness (QED) is 0.538. The number of amides is 2. The summed E-state index contributed by atoms with van der Waals surface area (Å²) in [5, 5.41) is 2.82. The van der Waals surface area contributed by atoms with Crippen molar-refractivity contribution in [3.63, 3.8) is 0 Å². The summed E-state index contributed by atoms with van der Waals surface area (Å²) in [5.41, 5.74) is 0.817. The van der Waals surface area contributed by atoms with E-state index in [-0.39, 0.29) is 49.5 Å². The van der Waals surface area contributed by atoms with E-state index in [1.165, 1.54) is 23.1 Å². The highest BCUT2D eigenvalue weighted by Gasteiger charge is 2.27. The Hall–Kier alpha value is -2.94. The molecule has 0 spiro atoms. The van der Waals surface area contributed by atoms with E-state index in [4.69, 9.17) is 0 Å². The topological polar surface area (TPSA) is 86.8 Å². The van der Waals surface area contributed by atoms with E-state index in [1.807, 2.05) is 44.2 Å². The molecule has 0 saturated heterocycles. The molecule has 2 rings (SSSR count). The van der Waals surface area contributed by atoms with Crippen LogP contribution in [0, 0.1) is 5.82 Å². The molecule has 2 aromatic rings. The summed E-state index contributed by atoms with van der Waals surface area (Å²) in [5.74, 6) is -1.20. The number of benzene rings is 2. The van der Waals surface area contributed by atoms with Crippen molar-refractivity contribution in [2.45, 2.75) is 52.2 Å². The number of nitrogens with one attached hydrogen (secondary N) is 1. The van der Waals surface area contributed by atoms with Crippen LogP contribution < -0.4 is 9.62 Å². The van der Waals surface area contributed by atoms with Gasteiger partial charge in [0, 0.05) is 25.6 Å². The minimum absolute atomic E-state index is 0.00655. The zero-order chi connectivity index (χ0) is 24.6. The van der Waals surface area contributed by atoms with Gasteiger partial charge in [-0.1, -0.05) is 42.5 Å². The van der Waals surface area contributed by atoms with Gasteiger partial charge in [-0.25, -0.2) is 12.8 Å². The van der Waals surface area contributed by atoms with Gasteiger partial charge >= 0.3 is 0 Å². The Morgan fingerprint density at radius 2 is 1.61 bits per heavy atom. The lowest BCUT2D eigenvalue weighted by molar-refractivity contribution is -0.140. The molecule has 0 aliphatic heterocycles. The normalized spacial score (nSPS) is 12.3. The Morgan fingerprint density at radius 3 is 2.18 bits per heavy atom. The molecular weight excluding hydrogens is 445 g/mol. The summed E-state index contributed by atoms with van der Waals surface area (Å²) in [6, 6.07) is 14.2. The van der Waals surface area contributed by atoms with Crippen molar-refractivity contribution in [2.75, 3.05) is 17.1 Å². The standard InChI is InChI=1S/C24H32FN3O4S/c1-18(2)26-24(30)19(3)27(17-20-11-6-5-7-12-20)23(29)15-10-16-28(33(4,31)32)22-14-9-8-13-21(22)25/h5-9,11-14,18-19H,10,15-17H2,1-4H3,(H,26,30)/t19-/m0/s1. The second kappa shape index (κ2) is 11.8. The number of carbonyl (C=O) groups excluding carboxylic acids is 2. The average molecular weight is 478 g/mol. The van der Waals surface area contributed by atoms with Gasteiger partial charge in [0.15, 0.2) is 0 Å². The Kier molecular flexibility index (Phi) is 9.40. The summed E-state index contributed by atoms with van der Waals surface area (Å²) in [7, 11) is -3.75. The smallest absolute Gasteiger partial charge is 0.242 e. The van der Waals surface area contributed by atoms with Gasteiger partial charge in [0.2, 0.25) is 21.8 Å². The average Bonchev–Trinajstić information content (AvgIpc) is 2.74. The SMILES string of the molecule is CC(C)NC(=O)[C@H](C)N(Cc1ccccc1)C(=O)CCCN(c1ccccc1F)S(C)(=O)=O. The van der Waals surface area contributed by atoms with Gasteiger partial charge < -0.3 is 10.2 Å². The van der Waals surface area contributed by atoms with Gasteiger partial charge in [-0.15, -0.1) is 0 Å². The first-order valence-corrected chi connectivity index (χ1v) is 12.7. The van der Waals surface area contributed by atoms with E-state index in [1.54, 1.807) is 13.0 Å². The van der Waals surface area contributed by atoms with Crippen LogP contribution >= 0.6 is 0 Å². The molecule has 1 N–H and O–H groups in total. The Morgan fingerprint density at radius 1 is 1.00 bits per heavy atom.